The van der Waals surface area contributed by atoms with Crippen molar-refractivity contribution in [2.45, 2.75) is 38.1 Å². The number of aryl methyl sites for hydroxylation is 2. The average Bonchev–Trinajstić information content (AvgIpc) is 2.67. The van der Waals surface area contributed by atoms with E-state index < -0.39 is 0 Å². The standard InChI is InChI=1S/C15H27N5O/c1-6-11-12(16)13(20(5)17-11)14(21)19(4)10-15(18(2)3)8-7-9-15/h6-10,16H2,1-5H3. The molecule has 1 aliphatic carbocycles. The Morgan fingerprint density at radius 2 is 2.00 bits per heavy atom. The van der Waals surface area contributed by atoms with E-state index in [1.54, 1.807) is 16.6 Å². The average molecular weight is 293 g/mol. The summed E-state index contributed by atoms with van der Waals surface area (Å²) >= 11 is 0. The highest BCUT2D eigenvalue weighted by atomic mass is 16.2. The summed E-state index contributed by atoms with van der Waals surface area (Å²) in [5.74, 6) is -0.0460. The second-order valence-corrected chi connectivity index (χ2v) is 6.32. The largest absolute Gasteiger partial charge is 0.395 e. The molecule has 0 spiro atoms. The van der Waals surface area contributed by atoms with Crippen LogP contribution in [0.4, 0.5) is 5.69 Å². The van der Waals surface area contributed by atoms with E-state index in [2.05, 4.69) is 24.1 Å². The fourth-order valence-corrected chi connectivity index (χ4v) is 3.14. The molecule has 118 valence electrons. The molecule has 0 bridgehead atoms. The van der Waals surface area contributed by atoms with Crippen molar-refractivity contribution >= 4 is 11.6 Å². The molecule has 21 heavy (non-hydrogen) atoms. The van der Waals surface area contributed by atoms with Gasteiger partial charge in [0.05, 0.1) is 11.4 Å². The van der Waals surface area contributed by atoms with Gasteiger partial charge in [-0.15, -0.1) is 0 Å². The summed E-state index contributed by atoms with van der Waals surface area (Å²) in [4.78, 5) is 16.7. The molecule has 6 nitrogen and oxygen atoms in total. The van der Waals surface area contributed by atoms with E-state index >= 15 is 0 Å². The van der Waals surface area contributed by atoms with E-state index in [1.807, 2.05) is 14.0 Å². The lowest BCUT2D eigenvalue weighted by Gasteiger charge is -2.49. The first-order valence-corrected chi connectivity index (χ1v) is 7.56. The Morgan fingerprint density at radius 1 is 1.38 bits per heavy atom. The van der Waals surface area contributed by atoms with Crippen LogP contribution in [0.1, 0.15) is 42.4 Å². The summed E-state index contributed by atoms with van der Waals surface area (Å²) < 4.78 is 1.61. The van der Waals surface area contributed by atoms with Crippen LogP contribution in [0.3, 0.4) is 0 Å². The van der Waals surface area contributed by atoms with Crippen molar-refractivity contribution in [1.82, 2.24) is 19.6 Å². The highest BCUT2D eigenvalue weighted by Gasteiger charge is 2.41. The van der Waals surface area contributed by atoms with Gasteiger partial charge in [-0.1, -0.05) is 6.92 Å². The molecule has 1 aliphatic rings. The number of amides is 1. The fraction of sp³-hybridized carbons (Fsp3) is 0.733. The van der Waals surface area contributed by atoms with Crippen molar-refractivity contribution in [3.05, 3.63) is 11.4 Å². The molecule has 0 aliphatic heterocycles. The number of rotatable bonds is 5. The topological polar surface area (TPSA) is 67.4 Å². The van der Waals surface area contributed by atoms with Gasteiger partial charge >= 0.3 is 0 Å². The minimum atomic E-state index is -0.0460. The number of likely N-dealkylation sites (N-methyl/N-ethyl adjacent to an activating group) is 2. The normalized spacial score (nSPS) is 16.9. The molecular weight excluding hydrogens is 266 g/mol. The summed E-state index contributed by atoms with van der Waals surface area (Å²) in [7, 11) is 7.81. The number of nitrogens with zero attached hydrogens (tertiary/aromatic N) is 4. The Balaban J connectivity index is 2.18. The molecule has 1 amide bonds. The van der Waals surface area contributed by atoms with E-state index in [-0.39, 0.29) is 11.4 Å². The van der Waals surface area contributed by atoms with Crippen LogP contribution in [0.15, 0.2) is 0 Å². The second kappa shape index (κ2) is 5.67. The first-order chi connectivity index (χ1) is 9.82. The molecule has 0 unspecified atom stereocenters. The highest BCUT2D eigenvalue weighted by molar-refractivity contribution is 5.97. The number of carbonyl (C=O) groups excluding carboxylic acids is 1. The van der Waals surface area contributed by atoms with Gasteiger partial charge in [-0.05, 0) is 39.8 Å². The van der Waals surface area contributed by atoms with Crippen LogP contribution in [0.2, 0.25) is 0 Å². The zero-order valence-corrected chi connectivity index (χ0v) is 13.8. The molecule has 0 atom stereocenters. The molecule has 6 heteroatoms. The monoisotopic (exact) mass is 293 g/mol. The number of carbonyl (C=O) groups is 1. The Bertz CT molecular complexity index is 530. The summed E-state index contributed by atoms with van der Waals surface area (Å²) in [5, 5.41) is 4.33. The Kier molecular flexibility index (Phi) is 4.27. The third kappa shape index (κ3) is 2.64. The number of anilines is 1. The molecule has 2 rings (SSSR count). The van der Waals surface area contributed by atoms with E-state index in [1.165, 1.54) is 6.42 Å². The van der Waals surface area contributed by atoms with Crippen LogP contribution in [0.5, 0.6) is 0 Å². The number of hydrogen-bond acceptors (Lipinski definition) is 4. The highest BCUT2D eigenvalue weighted by Crippen LogP contribution is 2.37. The number of aromatic nitrogens is 2. The first-order valence-electron chi connectivity index (χ1n) is 7.56. The summed E-state index contributed by atoms with van der Waals surface area (Å²) in [6.45, 7) is 2.72. The van der Waals surface area contributed by atoms with Gasteiger partial charge in [0.2, 0.25) is 0 Å². The second-order valence-electron chi connectivity index (χ2n) is 6.32. The third-order valence-electron chi connectivity index (χ3n) is 4.81. The number of hydrogen-bond donors (Lipinski definition) is 1. The predicted octanol–water partition coefficient (Wildman–Crippen LogP) is 1.12. The zero-order chi connectivity index (χ0) is 15.8. The van der Waals surface area contributed by atoms with Crippen LogP contribution in [0.25, 0.3) is 0 Å². The van der Waals surface area contributed by atoms with Crippen molar-refractivity contribution in [2.24, 2.45) is 7.05 Å². The molecule has 0 saturated heterocycles. The zero-order valence-electron chi connectivity index (χ0n) is 13.8. The van der Waals surface area contributed by atoms with Gasteiger partial charge in [-0.25, -0.2) is 0 Å². The Labute approximate surface area is 126 Å². The first kappa shape index (κ1) is 15.8. The lowest BCUT2D eigenvalue weighted by molar-refractivity contribution is 0.0248. The van der Waals surface area contributed by atoms with Crippen LogP contribution in [-0.2, 0) is 13.5 Å². The van der Waals surface area contributed by atoms with Crippen molar-refractivity contribution in [2.75, 3.05) is 33.4 Å². The maximum absolute atomic E-state index is 12.7. The third-order valence-corrected chi connectivity index (χ3v) is 4.81. The van der Waals surface area contributed by atoms with Crippen LogP contribution < -0.4 is 5.73 Å². The van der Waals surface area contributed by atoms with Crippen LogP contribution >= 0.6 is 0 Å². The quantitative estimate of drug-likeness (QED) is 0.883. The van der Waals surface area contributed by atoms with Crippen molar-refractivity contribution in [3.8, 4) is 0 Å². The van der Waals surface area contributed by atoms with E-state index in [0.29, 0.717) is 11.4 Å². The molecule has 2 N–H and O–H groups in total. The molecule has 0 radical (unpaired) electrons. The minimum Gasteiger partial charge on any atom is -0.395 e. The number of nitrogens with two attached hydrogens (primary N) is 1. The Hall–Kier alpha value is -1.56. The van der Waals surface area contributed by atoms with Gasteiger partial charge in [0.1, 0.15) is 5.69 Å². The van der Waals surface area contributed by atoms with Gasteiger partial charge in [-0.3, -0.25) is 9.48 Å². The van der Waals surface area contributed by atoms with E-state index in [0.717, 1.165) is 31.5 Å². The lowest BCUT2D eigenvalue weighted by atomic mass is 9.75. The van der Waals surface area contributed by atoms with Crippen molar-refractivity contribution in [1.29, 1.82) is 0 Å². The van der Waals surface area contributed by atoms with Gasteiger partial charge in [0.15, 0.2) is 0 Å². The smallest absolute Gasteiger partial charge is 0.274 e. The van der Waals surface area contributed by atoms with Gasteiger partial charge in [0.25, 0.3) is 5.91 Å². The maximum atomic E-state index is 12.7. The van der Waals surface area contributed by atoms with E-state index in [9.17, 15) is 4.79 Å². The lowest BCUT2D eigenvalue weighted by Crippen LogP contribution is -2.57. The fourth-order valence-electron chi connectivity index (χ4n) is 3.14. The maximum Gasteiger partial charge on any atom is 0.274 e. The van der Waals surface area contributed by atoms with Gasteiger partial charge < -0.3 is 15.5 Å². The Morgan fingerprint density at radius 3 is 2.38 bits per heavy atom. The van der Waals surface area contributed by atoms with Crippen molar-refractivity contribution in [3.63, 3.8) is 0 Å². The van der Waals surface area contributed by atoms with Crippen LogP contribution in [-0.4, -0.2) is 58.7 Å². The molecule has 0 aromatic carbocycles. The summed E-state index contributed by atoms with van der Waals surface area (Å²) in [5.41, 5.74) is 8.01. The van der Waals surface area contributed by atoms with Gasteiger partial charge in [-0.2, -0.15) is 5.10 Å². The predicted molar refractivity (Wildman–Crippen MR) is 84.2 cm³/mol. The summed E-state index contributed by atoms with van der Waals surface area (Å²) in [6.07, 6.45) is 4.24. The molecule has 1 heterocycles. The molecule has 1 aromatic rings. The molecule has 1 saturated carbocycles. The number of nitrogen functional groups attached to an aromatic ring is 1. The SMILES string of the molecule is CCc1nn(C)c(C(=O)N(C)CC2(N(C)C)CCC2)c1N. The molecule has 1 fully saturated rings. The molecular formula is C15H27N5O. The minimum absolute atomic E-state index is 0.0460. The van der Waals surface area contributed by atoms with Crippen LogP contribution in [0, 0.1) is 0 Å². The molecule has 1 aromatic heterocycles. The summed E-state index contributed by atoms with van der Waals surface area (Å²) in [6, 6.07) is 0. The van der Waals surface area contributed by atoms with Gasteiger partial charge in [0, 0.05) is 26.2 Å². The van der Waals surface area contributed by atoms with Crippen molar-refractivity contribution < 1.29 is 4.79 Å². The van der Waals surface area contributed by atoms with E-state index in [4.69, 9.17) is 5.73 Å².